The molecule has 166 valence electrons. The molecule has 0 radical (unpaired) electrons. The highest BCUT2D eigenvalue weighted by atomic mass is 19.4. The number of esters is 1. The molecule has 0 saturated carbocycles. The topological polar surface area (TPSA) is 84.9 Å². The lowest BCUT2D eigenvalue weighted by Crippen LogP contribution is -2.59. The van der Waals surface area contributed by atoms with E-state index >= 15 is 0 Å². The van der Waals surface area contributed by atoms with Gasteiger partial charge in [0.05, 0.1) is 12.7 Å². The maximum absolute atomic E-state index is 13.9. The maximum Gasteiger partial charge on any atom is 0.426 e. The molecule has 0 saturated heterocycles. The van der Waals surface area contributed by atoms with Crippen LogP contribution in [-0.4, -0.2) is 35.9 Å². The van der Waals surface area contributed by atoms with Gasteiger partial charge in [0.1, 0.15) is 5.75 Å². The number of rotatable bonds is 6. The van der Waals surface area contributed by atoms with Crippen molar-refractivity contribution in [3.05, 3.63) is 65.2 Å². The lowest BCUT2D eigenvalue weighted by molar-refractivity contribution is -0.258. The molecule has 0 aliphatic carbocycles. The van der Waals surface area contributed by atoms with Crippen LogP contribution in [0.5, 0.6) is 5.75 Å². The SMILES string of the molecule is COc1cccc(C(C)(C)CC(O)(C(=O)NC2OC(=O)c3ccccc32)C(F)(F)F)c1. The smallest absolute Gasteiger partial charge is 0.426 e. The third-order valence-electron chi connectivity index (χ3n) is 5.34. The molecule has 31 heavy (non-hydrogen) atoms. The minimum atomic E-state index is -5.28. The highest BCUT2D eigenvalue weighted by Crippen LogP contribution is 2.42. The van der Waals surface area contributed by atoms with Crippen molar-refractivity contribution in [3.63, 3.8) is 0 Å². The van der Waals surface area contributed by atoms with Gasteiger partial charge in [0.25, 0.3) is 5.91 Å². The van der Waals surface area contributed by atoms with Gasteiger partial charge in [0.15, 0.2) is 0 Å². The van der Waals surface area contributed by atoms with Crippen LogP contribution in [0.2, 0.25) is 0 Å². The first-order valence-corrected chi connectivity index (χ1v) is 9.43. The summed E-state index contributed by atoms with van der Waals surface area (Å²) >= 11 is 0. The second-order valence-corrected chi connectivity index (χ2v) is 8.00. The summed E-state index contributed by atoms with van der Waals surface area (Å²) < 4.78 is 52.0. The Morgan fingerprint density at radius 2 is 1.84 bits per heavy atom. The fraction of sp³-hybridized carbons (Fsp3) is 0.364. The van der Waals surface area contributed by atoms with Gasteiger partial charge in [0.2, 0.25) is 11.8 Å². The van der Waals surface area contributed by atoms with Crippen molar-refractivity contribution in [2.75, 3.05) is 7.11 Å². The molecule has 2 atom stereocenters. The Labute approximate surface area is 177 Å². The molecule has 1 amide bonds. The number of aliphatic hydroxyl groups is 1. The van der Waals surface area contributed by atoms with E-state index in [-0.39, 0.29) is 11.1 Å². The number of cyclic esters (lactones) is 1. The normalized spacial score (nSPS) is 18.0. The number of methoxy groups -OCH3 is 1. The molecule has 2 N–H and O–H groups in total. The van der Waals surface area contributed by atoms with Crippen LogP contribution in [0.25, 0.3) is 0 Å². The van der Waals surface area contributed by atoms with Gasteiger partial charge in [-0.3, -0.25) is 4.79 Å². The maximum atomic E-state index is 13.9. The van der Waals surface area contributed by atoms with Crippen LogP contribution in [0, 0.1) is 0 Å². The molecular formula is C22H22F3NO5. The Morgan fingerprint density at radius 3 is 2.48 bits per heavy atom. The van der Waals surface area contributed by atoms with Crippen molar-refractivity contribution in [1.82, 2.24) is 5.32 Å². The van der Waals surface area contributed by atoms with E-state index in [2.05, 4.69) is 0 Å². The Balaban J connectivity index is 1.90. The zero-order chi connectivity index (χ0) is 23.0. The highest BCUT2D eigenvalue weighted by Gasteiger charge is 2.62. The Kier molecular flexibility index (Phi) is 5.75. The number of carbonyl (C=O) groups excluding carboxylic acids is 2. The van der Waals surface area contributed by atoms with Gasteiger partial charge < -0.3 is 19.9 Å². The summed E-state index contributed by atoms with van der Waals surface area (Å²) in [6.45, 7) is 2.97. The first kappa shape index (κ1) is 22.6. The first-order chi connectivity index (χ1) is 14.4. The molecule has 2 aromatic rings. The summed E-state index contributed by atoms with van der Waals surface area (Å²) in [6.07, 6.45) is -7.68. The number of ether oxygens (including phenoxy) is 2. The average Bonchev–Trinajstić information content (AvgIpc) is 3.02. The van der Waals surface area contributed by atoms with Crippen molar-refractivity contribution in [2.45, 2.75) is 43.7 Å². The van der Waals surface area contributed by atoms with E-state index in [1.54, 1.807) is 36.4 Å². The predicted octanol–water partition coefficient (Wildman–Crippen LogP) is 3.64. The van der Waals surface area contributed by atoms with E-state index in [1.165, 1.54) is 33.1 Å². The van der Waals surface area contributed by atoms with Crippen molar-refractivity contribution >= 4 is 11.9 Å². The van der Waals surface area contributed by atoms with Gasteiger partial charge in [-0.05, 0) is 29.2 Å². The monoisotopic (exact) mass is 437 g/mol. The molecule has 0 aromatic heterocycles. The summed E-state index contributed by atoms with van der Waals surface area (Å²) in [5, 5.41) is 12.6. The number of benzene rings is 2. The molecule has 2 aromatic carbocycles. The van der Waals surface area contributed by atoms with Gasteiger partial charge in [-0.1, -0.05) is 44.2 Å². The number of hydrogen-bond donors (Lipinski definition) is 2. The lowest BCUT2D eigenvalue weighted by atomic mass is 9.74. The van der Waals surface area contributed by atoms with Crippen LogP contribution in [0.4, 0.5) is 13.2 Å². The van der Waals surface area contributed by atoms with Gasteiger partial charge in [-0.2, -0.15) is 13.2 Å². The number of nitrogens with one attached hydrogen (secondary N) is 1. The zero-order valence-corrected chi connectivity index (χ0v) is 17.1. The van der Waals surface area contributed by atoms with E-state index in [1.807, 2.05) is 5.32 Å². The molecule has 2 unspecified atom stereocenters. The highest BCUT2D eigenvalue weighted by molar-refractivity contribution is 5.95. The minimum Gasteiger partial charge on any atom is -0.497 e. The molecule has 1 heterocycles. The van der Waals surface area contributed by atoms with Crippen LogP contribution >= 0.6 is 0 Å². The van der Waals surface area contributed by atoms with Gasteiger partial charge >= 0.3 is 12.1 Å². The first-order valence-electron chi connectivity index (χ1n) is 9.43. The third kappa shape index (κ3) is 4.23. The Bertz CT molecular complexity index is 1000. The quantitative estimate of drug-likeness (QED) is 0.674. The van der Waals surface area contributed by atoms with Crippen molar-refractivity contribution < 1.29 is 37.3 Å². The summed E-state index contributed by atoms with van der Waals surface area (Å²) in [5.41, 5.74) is -4.19. The van der Waals surface area contributed by atoms with Crippen LogP contribution in [0.15, 0.2) is 48.5 Å². The van der Waals surface area contributed by atoms with E-state index in [0.29, 0.717) is 11.3 Å². The van der Waals surface area contributed by atoms with Crippen molar-refractivity contribution in [1.29, 1.82) is 0 Å². The average molecular weight is 437 g/mol. The molecule has 3 rings (SSSR count). The summed E-state index contributed by atoms with van der Waals surface area (Å²) in [5.74, 6) is -2.04. The van der Waals surface area contributed by atoms with E-state index < -0.39 is 41.7 Å². The van der Waals surface area contributed by atoms with E-state index in [9.17, 15) is 27.9 Å². The molecule has 0 bridgehead atoms. The molecule has 9 heteroatoms. The summed E-state index contributed by atoms with van der Waals surface area (Å²) in [6, 6.07) is 12.4. The molecular weight excluding hydrogens is 415 g/mol. The Morgan fingerprint density at radius 1 is 1.16 bits per heavy atom. The lowest BCUT2D eigenvalue weighted by Gasteiger charge is -2.37. The predicted molar refractivity (Wildman–Crippen MR) is 104 cm³/mol. The number of halogens is 3. The van der Waals surface area contributed by atoms with Crippen LogP contribution < -0.4 is 10.1 Å². The van der Waals surface area contributed by atoms with Gasteiger partial charge in [-0.15, -0.1) is 0 Å². The number of fused-ring (bicyclic) bond motifs is 1. The van der Waals surface area contributed by atoms with Crippen molar-refractivity contribution in [2.24, 2.45) is 0 Å². The Hall–Kier alpha value is -3.07. The second kappa shape index (κ2) is 7.88. The summed E-state index contributed by atoms with van der Waals surface area (Å²) in [4.78, 5) is 24.6. The van der Waals surface area contributed by atoms with Gasteiger partial charge in [-0.25, -0.2) is 4.79 Å². The fourth-order valence-corrected chi connectivity index (χ4v) is 3.59. The fourth-order valence-electron chi connectivity index (χ4n) is 3.59. The van der Waals surface area contributed by atoms with Gasteiger partial charge in [0, 0.05) is 12.0 Å². The molecule has 1 aliphatic heterocycles. The number of carbonyl (C=O) groups is 2. The third-order valence-corrected chi connectivity index (χ3v) is 5.34. The largest absolute Gasteiger partial charge is 0.497 e. The van der Waals surface area contributed by atoms with Crippen molar-refractivity contribution in [3.8, 4) is 5.75 Å². The molecule has 1 aliphatic rings. The van der Waals surface area contributed by atoms with Crippen LogP contribution in [0.3, 0.4) is 0 Å². The van der Waals surface area contributed by atoms with Crippen LogP contribution in [-0.2, 0) is 14.9 Å². The number of amides is 1. The summed E-state index contributed by atoms with van der Waals surface area (Å²) in [7, 11) is 1.42. The second-order valence-electron chi connectivity index (χ2n) is 8.00. The van der Waals surface area contributed by atoms with E-state index in [0.717, 1.165) is 0 Å². The van der Waals surface area contributed by atoms with E-state index in [4.69, 9.17) is 9.47 Å². The number of alkyl halides is 3. The minimum absolute atomic E-state index is 0.139. The zero-order valence-electron chi connectivity index (χ0n) is 17.1. The standard InChI is InChI=1S/C22H22F3NO5/c1-20(2,13-7-6-8-14(11-13)30-3)12-21(29,22(23,24)25)19(28)26-17-15-9-4-5-10-16(15)18(27)31-17/h4-11,17,29H,12H2,1-3H3,(H,26,28). The molecule has 0 spiro atoms. The molecule has 0 fully saturated rings. The molecule has 6 nitrogen and oxygen atoms in total. The van der Waals surface area contributed by atoms with Crippen LogP contribution in [0.1, 0.15) is 48.0 Å². The number of hydrogen-bond acceptors (Lipinski definition) is 5.